The Bertz CT molecular complexity index is 1830. The van der Waals surface area contributed by atoms with Gasteiger partial charge in [-0.3, -0.25) is 4.57 Å². The minimum Gasteiger partial charge on any atom is -0.444 e. The number of alkyl carbamates (subject to hydrolysis) is 1. The summed E-state index contributed by atoms with van der Waals surface area (Å²) in [5, 5.41) is 6.72. The molecule has 3 aromatic carbocycles. The molecule has 0 spiro atoms. The van der Waals surface area contributed by atoms with E-state index in [0.717, 1.165) is 75.9 Å². The number of carbonyl (C=O) groups excluding carboxylic acids is 1. The van der Waals surface area contributed by atoms with Crippen LogP contribution in [-0.4, -0.2) is 26.2 Å². The zero-order chi connectivity index (χ0) is 29.8. The van der Waals surface area contributed by atoms with Gasteiger partial charge in [0.1, 0.15) is 11.4 Å². The van der Waals surface area contributed by atoms with Crippen LogP contribution in [0.1, 0.15) is 51.2 Å². The zero-order valence-corrected chi connectivity index (χ0v) is 24.9. The number of aromatic nitrogens is 3. The van der Waals surface area contributed by atoms with Crippen molar-refractivity contribution in [2.45, 2.75) is 58.1 Å². The van der Waals surface area contributed by atoms with Gasteiger partial charge in [0, 0.05) is 22.9 Å². The summed E-state index contributed by atoms with van der Waals surface area (Å²) in [4.78, 5) is 22.8. The number of nitrogens with one attached hydrogen (secondary N) is 2. The van der Waals surface area contributed by atoms with E-state index in [1.165, 1.54) is 5.56 Å². The lowest BCUT2D eigenvalue weighted by Gasteiger charge is -2.43. The lowest BCUT2D eigenvalue weighted by atomic mass is 9.71. The molecule has 1 amide bonds. The third-order valence-corrected chi connectivity index (χ3v) is 8.31. The van der Waals surface area contributed by atoms with Crippen LogP contribution in [0, 0.1) is 6.92 Å². The molecule has 1 fully saturated rings. The van der Waals surface area contributed by atoms with Crippen LogP contribution in [0.15, 0.2) is 91.1 Å². The fourth-order valence-electron chi connectivity index (χ4n) is 6.06. The Labute approximate surface area is 252 Å². The number of anilines is 2. The Morgan fingerprint density at radius 3 is 2.35 bits per heavy atom. The van der Waals surface area contributed by atoms with Crippen LogP contribution >= 0.6 is 0 Å². The van der Waals surface area contributed by atoms with E-state index in [-0.39, 0.29) is 6.09 Å². The highest BCUT2D eigenvalue weighted by Gasteiger charge is 2.41. The summed E-state index contributed by atoms with van der Waals surface area (Å²) in [6, 6.07) is 29.4. The molecule has 2 aliphatic rings. The van der Waals surface area contributed by atoms with Crippen LogP contribution < -0.4 is 10.6 Å². The van der Waals surface area contributed by atoms with E-state index < -0.39 is 11.1 Å². The van der Waals surface area contributed by atoms with E-state index in [2.05, 4.69) is 88.9 Å². The molecule has 3 heterocycles. The van der Waals surface area contributed by atoms with E-state index >= 15 is 0 Å². The van der Waals surface area contributed by atoms with Crippen molar-refractivity contribution in [3.63, 3.8) is 0 Å². The standard InChI is InChI=1S/C36H35N5O2/c1-23-12-14-24(15-13-23)30-31(25-16-18-26(19-17-25)36(20-8-21-36)40-34(42)43-35(2,3)4)41-29-11-7-22-37-32(29)38-28-10-6-5-9-27(28)33(41)39-30/h5-7,9-19,22H,8,20-21H2,1-4H3,(H,37,38)(H,40,42). The van der Waals surface area contributed by atoms with Crippen molar-refractivity contribution in [3.05, 3.63) is 102 Å². The molecular formula is C36H35N5O2. The topological polar surface area (TPSA) is 81.1 Å². The highest BCUT2D eigenvalue weighted by Crippen LogP contribution is 2.46. The van der Waals surface area contributed by atoms with E-state index in [4.69, 9.17) is 14.7 Å². The van der Waals surface area contributed by atoms with Crippen molar-refractivity contribution in [1.82, 2.24) is 19.9 Å². The number of carbonyl (C=O) groups is 1. The molecule has 7 heteroatoms. The predicted octanol–water partition coefficient (Wildman–Crippen LogP) is 8.54. The quantitative estimate of drug-likeness (QED) is 0.222. The Hall–Kier alpha value is -4.91. The van der Waals surface area contributed by atoms with Gasteiger partial charge in [-0.15, -0.1) is 0 Å². The molecule has 0 radical (unpaired) electrons. The summed E-state index contributed by atoms with van der Waals surface area (Å²) in [7, 11) is 0. The van der Waals surface area contributed by atoms with E-state index in [1.807, 2.05) is 39.0 Å². The van der Waals surface area contributed by atoms with Crippen LogP contribution in [-0.2, 0) is 10.3 Å². The maximum absolute atomic E-state index is 12.8. The Morgan fingerprint density at radius 1 is 0.930 bits per heavy atom. The van der Waals surface area contributed by atoms with Crippen molar-refractivity contribution in [1.29, 1.82) is 0 Å². The first-order valence-electron chi connectivity index (χ1n) is 14.8. The number of nitrogens with zero attached hydrogens (tertiary/aromatic N) is 3. The van der Waals surface area contributed by atoms with Gasteiger partial charge in [-0.2, -0.15) is 0 Å². The second-order valence-corrected chi connectivity index (χ2v) is 12.5. The molecule has 1 aliphatic carbocycles. The fraction of sp³-hybridized carbons (Fsp3) is 0.250. The van der Waals surface area contributed by atoms with E-state index in [0.29, 0.717) is 0 Å². The van der Waals surface area contributed by atoms with Crippen LogP contribution in [0.3, 0.4) is 0 Å². The highest BCUT2D eigenvalue weighted by atomic mass is 16.6. The monoisotopic (exact) mass is 569 g/mol. The van der Waals surface area contributed by atoms with Crippen LogP contribution in [0.2, 0.25) is 0 Å². The Balaban J connectivity index is 1.39. The second-order valence-electron chi connectivity index (χ2n) is 12.5. The summed E-state index contributed by atoms with van der Waals surface area (Å²) >= 11 is 0. The lowest BCUT2D eigenvalue weighted by Crippen LogP contribution is -2.52. The van der Waals surface area contributed by atoms with Gasteiger partial charge in [0.15, 0.2) is 5.82 Å². The van der Waals surface area contributed by atoms with Crippen LogP contribution in [0.5, 0.6) is 0 Å². The van der Waals surface area contributed by atoms with Crippen LogP contribution in [0.4, 0.5) is 16.3 Å². The number of aryl methyl sites for hydroxylation is 1. The first-order chi connectivity index (χ1) is 20.7. The SMILES string of the molecule is Cc1ccc(-c2nc3n(c2-c2ccc(C4(NC(=O)OC(C)(C)C)CCC4)cc2)-c2cccnc2Nc2ccccc2-3)cc1. The van der Waals surface area contributed by atoms with Gasteiger partial charge < -0.3 is 15.4 Å². The van der Waals surface area contributed by atoms with E-state index in [1.54, 1.807) is 6.20 Å². The number of imidazole rings is 1. The molecule has 0 unspecified atom stereocenters. The van der Waals surface area contributed by atoms with Crippen molar-refractivity contribution >= 4 is 17.6 Å². The average Bonchev–Trinajstić information content (AvgIpc) is 3.29. The van der Waals surface area contributed by atoms with Crippen molar-refractivity contribution in [2.75, 3.05) is 5.32 Å². The normalized spacial score (nSPS) is 14.7. The van der Waals surface area contributed by atoms with Gasteiger partial charge in [-0.05, 0) is 76.8 Å². The molecule has 0 bridgehead atoms. The van der Waals surface area contributed by atoms with E-state index in [9.17, 15) is 4.79 Å². The van der Waals surface area contributed by atoms with Crippen molar-refractivity contribution in [2.24, 2.45) is 0 Å². The van der Waals surface area contributed by atoms with Gasteiger partial charge in [0.2, 0.25) is 0 Å². The van der Waals surface area contributed by atoms with Gasteiger partial charge in [-0.1, -0.05) is 66.2 Å². The molecule has 1 aliphatic heterocycles. The highest BCUT2D eigenvalue weighted by molar-refractivity contribution is 5.90. The maximum Gasteiger partial charge on any atom is 0.408 e. The number of para-hydroxylation sites is 1. The summed E-state index contributed by atoms with van der Waals surface area (Å²) < 4.78 is 7.83. The second kappa shape index (κ2) is 10.1. The van der Waals surface area contributed by atoms with Crippen molar-refractivity contribution in [3.8, 4) is 39.6 Å². The summed E-state index contributed by atoms with van der Waals surface area (Å²) in [5.74, 6) is 1.63. The molecule has 2 aromatic heterocycles. The van der Waals surface area contributed by atoms with Crippen LogP contribution in [0.25, 0.3) is 39.6 Å². The van der Waals surface area contributed by atoms with Gasteiger partial charge >= 0.3 is 6.09 Å². The van der Waals surface area contributed by atoms with Crippen molar-refractivity contribution < 1.29 is 9.53 Å². The first kappa shape index (κ1) is 27.0. The predicted molar refractivity (Wildman–Crippen MR) is 171 cm³/mol. The third-order valence-electron chi connectivity index (χ3n) is 8.31. The number of amides is 1. The maximum atomic E-state index is 12.8. The lowest BCUT2D eigenvalue weighted by molar-refractivity contribution is 0.0377. The molecule has 43 heavy (non-hydrogen) atoms. The number of ether oxygens (including phenoxy) is 1. The number of pyridine rings is 1. The molecule has 7 rings (SSSR count). The number of rotatable bonds is 4. The summed E-state index contributed by atoms with van der Waals surface area (Å²) in [5.41, 5.74) is 8.16. The fourth-order valence-corrected chi connectivity index (χ4v) is 6.06. The summed E-state index contributed by atoms with van der Waals surface area (Å²) in [6.07, 6.45) is 4.24. The van der Waals surface area contributed by atoms with Gasteiger partial charge in [-0.25, -0.2) is 14.8 Å². The molecule has 5 aromatic rings. The van der Waals surface area contributed by atoms with Gasteiger partial charge in [0.05, 0.1) is 28.3 Å². The molecule has 0 atom stereocenters. The third kappa shape index (κ3) is 4.84. The smallest absolute Gasteiger partial charge is 0.408 e. The number of fused-ring (bicyclic) bond motifs is 5. The first-order valence-corrected chi connectivity index (χ1v) is 14.8. The number of hydrogen-bond donors (Lipinski definition) is 2. The molecule has 1 saturated carbocycles. The number of benzene rings is 3. The molecule has 216 valence electrons. The molecule has 7 nitrogen and oxygen atoms in total. The molecule has 0 saturated heterocycles. The van der Waals surface area contributed by atoms with Gasteiger partial charge in [0.25, 0.3) is 0 Å². The molecule has 2 N–H and O–H groups in total. The average molecular weight is 570 g/mol. The largest absolute Gasteiger partial charge is 0.444 e. The minimum atomic E-state index is -0.552. The number of hydrogen-bond acceptors (Lipinski definition) is 5. The summed E-state index contributed by atoms with van der Waals surface area (Å²) in [6.45, 7) is 7.75. The Morgan fingerprint density at radius 2 is 1.65 bits per heavy atom. The minimum absolute atomic E-state index is 0.380. The molecular weight excluding hydrogens is 534 g/mol. The Kier molecular flexibility index (Phi) is 6.34. The zero-order valence-electron chi connectivity index (χ0n) is 24.9.